The summed E-state index contributed by atoms with van der Waals surface area (Å²) in [5, 5.41) is 11.3. The summed E-state index contributed by atoms with van der Waals surface area (Å²) in [6.45, 7) is 6.77. The molecule has 1 aliphatic heterocycles. The van der Waals surface area contributed by atoms with E-state index in [4.69, 9.17) is 25.3 Å². The third-order valence-electron chi connectivity index (χ3n) is 9.29. The van der Waals surface area contributed by atoms with Crippen LogP contribution in [0.4, 0.5) is 0 Å². The Kier molecular flexibility index (Phi) is 5.63. The van der Waals surface area contributed by atoms with Crippen LogP contribution in [0.1, 0.15) is 47.0 Å². The van der Waals surface area contributed by atoms with E-state index in [0.717, 1.165) is 11.8 Å². The lowest BCUT2D eigenvalue weighted by Crippen LogP contribution is -2.64. The van der Waals surface area contributed by atoms with Crippen molar-refractivity contribution in [1.29, 1.82) is 0 Å². The summed E-state index contributed by atoms with van der Waals surface area (Å²) in [7, 11) is -3.85. The van der Waals surface area contributed by atoms with Gasteiger partial charge in [0.2, 0.25) is 0 Å². The molecule has 9 atom stereocenters. The van der Waals surface area contributed by atoms with Gasteiger partial charge >= 0.3 is 0 Å². The number of Topliss-reactive ketones (excluding diaryl/α,β-unsaturated/α-hetero) is 1. The summed E-state index contributed by atoms with van der Waals surface area (Å²) < 4.78 is 40.9. The lowest BCUT2D eigenvalue weighted by molar-refractivity contribution is -0.225. The van der Waals surface area contributed by atoms with E-state index in [1.165, 1.54) is 0 Å². The van der Waals surface area contributed by atoms with Crippen molar-refractivity contribution in [1.82, 2.24) is 0 Å². The van der Waals surface area contributed by atoms with Crippen molar-refractivity contribution in [3.8, 4) is 0 Å². The van der Waals surface area contributed by atoms with Crippen LogP contribution in [0, 0.1) is 28.6 Å². The summed E-state index contributed by atoms with van der Waals surface area (Å²) in [6.07, 6.45) is 5.82. The fourth-order valence-electron chi connectivity index (χ4n) is 8.20. The first-order valence-corrected chi connectivity index (χ1v) is 14.3. The number of carbonyl (C=O) groups excluding carboxylic acids is 2. The van der Waals surface area contributed by atoms with Crippen LogP contribution in [0.15, 0.2) is 23.8 Å². The molecule has 5 aliphatic rings. The molecule has 10 heteroatoms. The zero-order valence-corrected chi connectivity index (χ0v) is 22.2. The molecule has 0 aromatic heterocycles. The van der Waals surface area contributed by atoms with Crippen LogP contribution < -0.4 is 0 Å². The van der Waals surface area contributed by atoms with Gasteiger partial charge in [0.25, 0.3) is 10.1 Å². The molecule has 3 saturated carbocycles. The number of fused-ring (bicyclic) bond motifs is 7. The molecule has 194 valence electrons. The number of rotatable bonds is 4. The number of carbonyl (C=O) groups is 2. The van der Waals surface area contributed by atoms with Crippen molar-refractivity contribution >= 4 is 33.3 Å². The van der Waals surface area contributed by atoms with E-state index in [9.17, 15) is 23.1 Å². The number of halogens is 1. The van der Waals surface area contributed by atoms with Gasteiger partial charge in [-0.1, -0.05) is 19.9 Å². The highest BCUT2D eigenvalue weighted by Crippen LogP contribution is 2.70. The van der Waals surface area contributed by atoms with Crippen molar-refractivity contribution in [2.45, 2.75) is 75.9 Å². The van der Waals surface area contributed by atoms with Gasteiger partial charge in [0.15, 0.2) is 23.0 Å². The molecule has 4 aliphatic carbocycles. The molecule has 0 spiro atoms. The lowest BCUT2D eigenvalue weighted by atomic mass is 9.46. The second-order valence-corrected chi connectivity index (χ2v) is 13.9. The van der Waals surface area contributed by atoms with Gasteiger partial charge in [-0.25, -0.2) is 0 Å². The van der Waals surface area contributed by atoms with Gasteiger partial charge in [-0.05, 0) is 62.7 Å². The Morgan fingerprint density at radius 1 is 1.26 bits per heavy atom. The maximum absolute atomic E-state index is 13.7. The van der Waals surface area contributed by atoms with Crippen LogP contribution in [-0.2, 0) is 33.4 Å². The van der Waals surface area contributed by atoms with Crippen LogP contribution in [0.5, 0.6) is 0 Å². The lowest BCUT2D eigenvalue weighted by Gasteiger charge is -2.60. The molecular weight excluding hydrogens is 496 g/mol. The average molecular weight is 529 g/mol. The number of ketones is 2. The molecule has 0 aromatic rings. The fraction of sp³-hybridized carbons (Fsp3) is 0.760. The van der Waals surface area contributed by atoms with E-state index >= 15 is 0 Å². The Bertz CT molecular complexity index is 1140. The molecule has 0 amide bonds. The van der Waals surface area contributed by atoms with Crippen LogP contribution in [0.3, 0.4) is 0 Å². The summed E-state index contributed by atoms with van der Waals surface area (Å²) >= 11 is 6.86. The Balaban J connectivity index is 1.58. The van der Waals surface area contributed by atoms with Crippen LogP contribution in [-0.4, -0.2) is 66.9 Å². The van der Waals surface area contributed by atoms with Crippen LogP contribution in [0.2, 0.25) is 0 Å². The largest absolute Gasteiger partial charge is 0.393 e. The Hall–Kier alpha value is -1.10. The molecular formula is C25H33ClO8S. The minimum atomic E-state index is -3.85. The number of aliphatic hydroxyl groups is 1. The predicted octanol–water partition coefficient (Wildman–Crippen LogP) is 2.53. The average Bonchev–Trinajstić information content (AvgIpc) is 3.13. The third kappa shape index (κ3) is 3.56. The van der Waals surface area contributed by atoms with E-state index in [0.29, 0.717) is 12.8 Å². The molecule has 0 radical (unpaired) electrons. The number of aliphatic hydroxyl groups excluding tert-OH is 1. The Morgan fingerprint density at radius 2 is 1.94 bits per heavy atom. The summed E-state index contributed by atoms with van der Waals surface area (Å²) in [5.41, 5.74) is -2.06. The summed E-state index contributed by atoms with van der Waals surface area (Å²) in [6, 6.07) is 0. The predicted molar refractivity (Wildman–Crippen MR) is 127 cm³/mol. The van der Waals surface area contributed by atoms with Gasteiger partial charge < -0.3 is 14.6 Å². The maximum Gasteiger partial charge on any atom is 0.264 e. The SMILES string of the molecule is CC1(C)O[C@@H]2C[C@H]3[C@@H]4C[C@H](Cl)C5=CC(=O)C=C[C@]5(C)[C@H]4[C@@H](O)C[C@]3(C)[C@]2(C(=O)COS(C)(=O)=O)O1. The monoisotopic (exact) mass is 528 g/mol. The van der Waals surface area contributed by atoms with Gasteiger partial charge in [-0.15, -0.1) is 11.6 Å². The molecule has 4 fully saturated rings. The number of hydrogen-bond donors (Lipinski definition) is 1. The topological polar surface area (TPSA) is 116 Å². The highest BCUT2D eigenvalue weighted by atomic mass is 35.5. The van der Waals surface area contributed by atoms with E-state index < -0.39 is 56.9 Å². The van der Waals surface area contributed by atoms with E-state index in [1.807, 2.05) is 19.9 Å². The molecule has 1 saturated heterocycles. The molecule has 1 heterocycles. The number of hydrogen-bond acceptors (Lipinski definition) is 8. The van der Waals surface area contributed by atoms with Crippen LogP contribution >= 0.6 is 11.6 Å². The molecule has 8 nitrogen and oxygen atoms in total. The number of ether oxygens (including phenoxy) is 2. The standard InChI is InChI=1S/C25H33ClO8S/c1-22(2)33-20-10-15-14-9-17(26)16-8-13(27)6-7-23(16,3)21(14)18(28)11-24(15,4)25(20,34-22)19(29)12-32-35(5,30)31/h6-8,14-15,17-18,20-21,28H,9-12H2,1-5H3/t14-,15-,17-,18-,20+,21+,23-,24-,25+/m0/s1. The maximum atomic E-state index is 13.7. The van der Waals surface area contributed by atoms with Crippen molar-refractivity contribution < 1.29 is 36.8 Å². The first kappa shape index (κ1) is 25.5. The summed E-state index contributed by atoms with van der Waals surface area (Å²) in [4.78, 5) is 25.9. The molecule has 0 unspecified atom stereocenters. The fourth-order valence-corrected chi connectivity index (χ4v) is 9.02. The second kappa shape index (κ2) is 7.71. The van der Waals surface area contributed by atoms with E-state index in [-0.39, 0.29) is 35.3 Å². The van der Waals surface area contributed by atoms with Crippen molar-refractivity contribution in [2.24, 2.45) is 28.6 Å². The zero-order chi connectivity index (χ0) is 25.8. The van der Waals surface area contributed by atoms with Gasteiger partial charge in [0, 0.05) is 16.7 Å². The highest BCUT2D eigenvalue weighted by Gasteiger charge is 2.77. The minimum Gasteiger partial charge on any atom is -0.393 e. The molecule has 1 N–H and O–H groups in total. The number of alkyl halides is 1. The second-order valence-electron chi connectivity index (χ2n) is 11.8. The van der Waals surface area contributed by atoms with Crippen molar-refractivity contribution in [3.05, 3.63) is 23.8 Å². The minimum absolute atomic E-state index is 0.0623. The summed E-state index contributed by atoms with van der Waals surface area (Å²) in [5.74, 6) is -2.00. The van der Waals surface area contributed by atoms with Gasteiger partial charge in [0.1, 0.15) is 6.61 Å². The van der Waals surface area contributed by atoms with Gasteiger partial charge in [0.05, 0.1) is 23.8 Å². The third-order valence-corrected chi connectivity index (χ3v) is 10.2. The van der Waals surface area contributed by atoms with Gasteiger partial charge in [-0.2, -0.15) is 8.42 Å². The van der Waals surface area contributed by atoms with Crippen molar-refractivity contribution in [2.75, 3.05) is 12.9 Å². The van der Waals surface area contributed by atoms with E-state index in [1.54, 1.807) is 26.0 Å². The number of allylic oxidation sites excluding steroid dienone is 4. The smallest absolute Gasteiger partial charge is 0.264 e. The molecule has 35 heavy (non-hydrogen) atoms. The zero-order valence-electron chi connectivity index (χ0n) is 20.6. The molecule has 5 rings (SSSR count). The Morgan fingerprint density at radius 3 is 2.60 bits per heavy atom. The molecule has 0 bridgehead atoms. The van der Waals surface area contributed by atoms with Gasteiger partial charge in [-0.3, -0.25) is 13.8 Å². The quantitative estimate of drug-likeness (QED) is 0.437. The van der Waals surface area contributed by atoms with Crippen molar-refractivity contribution in [3.63, 3.8) is 0 Å². The first-order chi connectivity index (χ1) is 16.0. The molecule has 0 aromatic carbocycles. The Labute approximate surface area is 211 Å². The first-order valence-electron chi connectivity index (χ1n) is 12.1. The normalized spacial score (nSPS) is 48.0. The highest BCUT2D eigenvalue weighted by molar-refractivity contribution is 7.86. The van der Waals surface area contributed by atoms with E-state index in [2.05, 4.69) is 0 Å². The van der Waals surface area contributed by atoms with Crippen LogP contribution in [0.25, 0.3) is 0 Å².